The molecular weight excluding hydrogens is 642 g/mol. The lowest BCUT2D eigenvalue weighted by atomic mass is 9.50. The molecule has 8 rings (SSSR count). The van der Waals surface area contributed by atoms with E-state index in [1.54, 1.807) is 23.1 Å². The molecule has 262 valence electrons. The maximum absolute atomic E-state index is 15.2. The highest BCUT2D eigenvalue weighted by atomic mass is 16.5. The number of likely N-dealkylation sites (tertiary alicyclic amines) is 1. The molecule has 3 aliphatic carbocycles. The number of nitrogens with zero attached hydrogens (tertiary/aromatic N) is 2. The summed E-state index contributed by atoms with van der Waals surface area (Å²) in [5.74, 6) is -3.48. The van der Waals surface area contributed by atoms with Crippen molar-refractivity contribution >= 4 is 35.4 Å². The van der Waals surface area contributed by atoms with Crippen LogP contribution in [0.2, 0.25) is 0 Å². The van der Waals surface area contributed by atoms with Crippen molar-refractivity contribution in [1.29, 1.82) is 0 Å². The summed E-state index contributed by atoms with van der Waals surface area (Å²) in [6, 6.07) is 22.0. The molecule has 0 bridgehead atoms. The van der Waals surface area contributed by atoms with E-state index >= 15 is 4.79 Å². The first-order valence-corrected chi connectivity index (χ1v) is 18.1. The van der Waals surface area contributed by atoms with Crippen LogP contribution in [0.3, 0.4) is 0 Å². The highest BCUT2D eigenvalue weighted by molar-refractivity contribution is 6.13. The smallest absolute Gasteiger partial charge is 0.260 e. The summed E-state index contributed by atoms with van der Waals surface area (Å²) in [5, 5.41) is 11.5. The number of hydrazine groups is 1. The summed E-state index contributed by atoms with van der Waals surface area (Å²) in [7, 11) is 1.49. The van der Waals surface area contributed by atoms with Crippen molar-refractivity contribution in [3.63, 3.8) is 0 Å². The lowest BCUT2D eigenvalue weighted by molar-refractivity contribution is -0.144. The quantitative estimate of drug-likeness (QED) is 0.214. The van der Waals surface area contributed by atoms with Gasteiger partial charge in [0.05, 0.1) is 36.0 Å². The number of fused-ring (bicyclic) bond motifs is 4. The first kappa shape index (κ1) is 33.0. The first-order valence-electron chi connectivity index (χ1n) is 18.1. The number of nitrogens with one attached hydrogen (secondary N) is 1. The van der Waals surface area contributed by atoms with Crippen LogP contribution in [-0.2, 0) is 24.6 Å². The Hall–Kier alpha value is -5.18. The molecule has 0 radical (unpaired) electrons. The van der Waals surface area contributed by atoms with Gasteiger partial charge in [0.2, 0.25) is 11.8 Å². The molecular formula is C42H43N3O6. The number of aryl methyl sites for hydroxylation is 1. The van der Waals surface area contributed by atoms with Crippen LogP contribution in [0.15, 0.2) is 90.5 Å². The van der Waals surface area contributed by atoms with E-state index in [9.17, 15) is 19.5 Å². The molecule has 9 nitrogen and oxygen atoms in total. The molecule has 2 N–H and O–H groups in total. The SMILES string of the molecule is COc1cc(C=C[C@H]2C3=CC[C@@H]4C(=O)N(C5CCCCC5)C(=O)[C@@H]4[C@@H]3C[C@H]3C(=O)N(Nc4ccc(C)cc4)C(=O)[C@@]23c2ccccc2)ccc1O. The number of aromatic hydroxyl groups is 1. The van der Waals surface area contributed by atoms with Crippen molar-refractivity contribution < 1.29 is 29.0 Å². The van der Waals surface area contributed by atoms with Crippen LogP contribution in [0.25, 0.3) is 6.08 Å². The number of amides is 4. The molecule has 51 heavy (non-hydrogen) atoms. The van der Waals surface area contributed by atoms with Crippen molar-refractivity contribution in [1.82, 2.24) is 9.91 Å². The molecule has 2 saturated heterocycles. The molecule has 9 heteroatoms. The van der Waals surface area contributed by atoms with Crippen LogP contribution in [-0.4, -0.2) is 51.8 Å². The van der Waals surface area contributed by atoms with Crippen molar-refractivity contribution in [2.24, 2.45) is 29.6 Å². The van der Waals surface area contributed by atoms with Crippen molar-refractivity contribution in [2.45, 2.75) is 63.3 Å². The average Bonchev–Trinajstić information content (AvgIpc) is 3.54. The summed E-state index contributed by atoms with van der Waals surface area (Å²) in [6.45, 7) is 1.97. The van der Waals surface area contributed by atoms with Gasteiger partial charge in [0.1, 0.15) is 0 Å². The van der Waals surface area contributed by atoms with Gasteiger partial charge in [-0.1, -0.05) is 97.2 Å². The van der Waals surface area contributed by atoms with Crippen LogP contribution >= 0.6 is 0 Å². The van der Waals surface area contributed by atoms with Gasteiger partial charge in [0.15, 0.2) is 11.5 Å². The Bertz CT molecular complexity index is 1950. The van der Waals surface area contributed by atoms with Crippen molar-refractivity contribution in [3.8, 4) is 11.5 Å². The normalized spacial score (nSPS) is 29.2. The third-order valence-electron chi connectivity index (χ3n) is 12.1. The largest absolute Gasteiger partial charge is 0.504 e. The highest BCUT2D eigenvalue weighted by Crippen LogP contribution is 2.61. The van der Waals surface area contributed by atoms with Gasteiger partial charge < -0.3 is 9.84 Å². The maximum Gasteiger partial charge on any atom is 0.260 e. The second kappa shape index (κ2) is 12.9. The van der Waals surface area contributed by atoms with Crippen LogP contribution in [0, 0.1) is 36.5 Å². The topological polar surface area (TPSA) is 116 Å². The second-order valence-electron chi connectivity index (χ2n) is 14.8. The molecule has 4 fully saturated rings. The van der Waals surface area contributed by atoms with Gasteiger partial charge in [-0.2, -0.15) is 5.01 Å². The van der Waals surface area contributed by atoms with E-state index in [2.05, 4.69) is 11.5 Å². The molecule has 2 saturated carbocycles. The van der Waals surface area contributed by atoms with E-state index in [1.165, 1.54) is 12.1 Å². The fourth-order valence-electron chi connectivity index (χ4n) is 9.72. The number of rotatable bonds is 7. The Labute approximate surface area is 297 Å². The van der Waals surface area contributed by atoms with E-state index in [0.29, 0.717) is 17.9 Å². The van der Waals surface area contributed by atoms with Gasteiger partial charge >= 0.3 is 0 Å². The predicted molar refractivity (Wildman–Crippen MR) is 192 cm³/mol. The molecule has 0 spiro atoms. The fourth-order valence-corrected chi connectivity index (χ4v) is 9.72. The molecule has 5 aliphatic rings. The Kier molecular flexibility index (Phi) is 8.32. The molecule has 0 unspecified atom stereocenters. The van der Waals surface area contributed by atoms with E-state index in [-0.39, 0.29) is 41.8 Å². The molecule has 6 atom stereocenters. The Morgan fingerprint density at radius 1 is 0.882 bits per heavy atom. The summed E-state index contributed by atoms with van der Waals surface area (Å²) < 4.78 is 5.38. The van der Waals surface area contributed by atoms with Crippen molar-refractivity contribution in [3.05, 3.63) is 107 Å². The molecule has 3 aromatic carbocycles. The highest BCUT2D eigenvalue weighted by Gasteiger charge is 2.69. The number of carbonyl (C=O) groups is 4. The van der Waals surface area contributed by atoms with Gasteiger partial charge in [-0.25, -0.2) is 0 Å². The lowest BCUT2D eigenvalue weighted by Gasteiger charge is -2.49. The van der Waals surface area contributed by atoms with Gasteiger partial charge in [-0.15, -0.1) is 0 Å². The number of phenols is 1. The van der Waals surface area contributed by atoms with Gasteiger partial charge in [0.25, 0.3) is 11.8 Å². The van der Waals surface area contributed by atoms with Crippen molar-refractivity contribution in [2.75, 3.05) is 12.5 Å². The minimum absolute atomic E-state index is 0.00977. The number of ether oxygens (including phenoxy) is 1. The number of phenolic OH excluding ortho intramolecular Hbond substituents is 1. The minimum atomic E-state index is -1.32. The van der Waals surface area contributed by atoms with E-state index < -0.39 is 35.0 Å². The molecule has 2 heterocycles. The molecule has 3 aromatic rings. The minimum Gasteiger partial charge on any atom is -0.504 e. The number of carbonyl (C=O) groups excluding carboxylic acids is 4. The summed E-state index contributed by atoms with van der Waals surface area (Å²) in [5.41, 5.74) is 5.87. The van der Waals surface area contributed by atoms with E-state index in [4.69, 9.17) is 4.74 Å². The third-order valence-corrected chi connectivity index (χ3v) is 12.1. The standard InChI is InChI=1S/C42H43N3O6/c1-25-13-17-28(18-14-25)43-45-39(48)34-24-32-30(19-20-31-37(32)40(49)44(38(31)47)29-11-7-4-8-12-29)33(21-15-26-16-22-35(46)36(23-26)51-2)42(34,41(45)50)27-9-5-3-6-10-27/h3,5-6,9-10,13-19,21-23,29,31-34,37,43,46H,4,7-8,11-12,20,24H2,1-2H3/t31-,32+,33-,34-,37-,42-/m0/s1. The summed E-state index contributed by atoms with van der Waals surface area (Å²) >= 11 is 0. The molecule has 4 amide bonds. The van der Waals surface area contributed by atoms with E-state index in [1.807, 2.05) is 73.7 Å². The number of hydrogen-bond acceptors (Lipinski definition) is 7. The Morgan fingerprint density at radius 3 is 2.35 bits per heavy atom. The third kappa shape index (κ3) is 5.19. The number of anilines is 1. The number of benzene rings is 3. The zero-order valence-electron chi connectivity index (χ0n) is 29.0. The summed E-state index contributed by atoms with van der Waals surface area (Å²) in [4.78, 5) is 60.0. The fraction of sp³-hybridized carbons (Fsp3) is 0.381. The van der Waals surface area contributed by atoms with Gasteiger partial charge in [-0.05, 0) is 73.9 Å². The zero-order valence-corrected chi connectivity index (χ0v) is 29.0. The Balaban J connectivity index is 1.27. The number of imide groups is 2. The van der Waals surface area contributed by atoms with Crippen LogP contribution in [0.1, 0.15) is 61.6 Å². The number of methoxy groups -OCH3 is 1. The van der Waals surface area contributed by atoms with Gasteiger partial charge in [0, 0.05) is 12.0 Å². The molecule has 2 aliphatic heterocycles. The van der Waals surface area contributed by atoms with E-state index in [0.717, 1.165) is 54.4 Å². The summed E-state index contributed by atoms with van der Waals surface area (Å²) in [6.07, 6.45) is 11.4. The first-order chi connectivity index (χ1) is 24.7. The number of hydrogen-bond donors (Lipinski definition) is 2. The zero-order chi connectivity index (χ0) is 35.4. The Morgan fingerprint density at radius 2 is 1.63 bits per heavy atom. The monoisotopic (exact) mass is 685 g/mol. The lowest BCUT2D eigenvalue weighted by Crippen LogP contribution is -2.54. The molecule has 0 aromatic heterocycles. The van der Waals surface area contributed by atoms with Crippen LogP contribution in [0.5, 0.6) is 11.5 Å². The maximum atomic E-state index is 15.2. The second-order valence-corrected chi connectivity index (χ2v) is 14.8. The average molecular weight is 686 g/mol. The van der Waals surface area contributed by atoms with Crippen LogP contribution in [0.4, 0.5) is 5.69 Å². The van der Waals surface area contributed by atoms with Crippen LogP contribution < -0.4 is 10.2 Å². The number of allylic oxidation sites excluding steroid dienone is 3. The van der Waals surface area contributed by atoms with Gasteiger partial charge in [-0.3, -0.25) is 29.5 Å². The predicted octanol–water partition coefficient (Wildman–Crippen LogP) is 6.57.